The maximum absolute atomic E-state index is 5.43. The molecule has 1 aliphatic heterocycles. The Morgan fingerprint density at radius 3 is 2.93 bits per heavy atom. The van der Waals surface area contributed by atoms with Crippen molar-refractivity contribution in [2.24, 2.45) is 0 Å². The quantitative estimate of drug-likeness (QED) is 0.832. The maximum atomic E-state index is 5.43. The molecule has 1 aromatic rings. The van der Waals surface area contributed by atoms with E-state index in [1.54, 1.807) is 6.20 Å². The lowest BCUT2D eigenvalue weighted by molar-refractivity contribution is -0.182. The molecule has 0 saturated carbocycles. The topological polar surface area (TPSA) is 36.3 Å². The van der Waals surface area contributed by atoms with Crippen LogP contribution in [0.1, 0.15) is 12.8 Å². The summed E-state index contributed by atoms with van der Waals surface area (Å²) >= 11 is 3.35. The van der Waals surface area contributed by atoms with Crippen molar-refractivity contribution in [3.8, 4) is 0 Å². The molecule has 0 radical (unpaired) electrons. The summed E-state index contributed by atoms with van der Waals surface area (Å²) in [6, 6.07) is 0. The Morgan fingerprint density at radius 1 is 1.50 bits per heavy atom. The number of rotatable bonds is 3. The first kappa shape index (κ1) is 10.1. The minimum Gasteiger partial charge on any atom is -0.353 e. The molecule has 14 heavy (non-hydrogen) atoms. The molecular weight excluding hydrogens is 248 g/mol. The summed E-state index contributed by atoms with van der Waals surface area (Å²) in [7, 11) is 0. The number of halogens is 1. The minimum atomic E-state index is -0.0493. The van der Waals surface area contributed by atoms with Gasteiger partial charge in [0, 0.05) is 19.2 Å². The van der Waals surface area contributed by atoms with Crippen molar-refractivity contribution in [1.82, 2.24) is 9.78 Å². The highest BCUT2D eigenvalue weighted by Gasteiger charge is 2.13. The van der Waals surface area contributed by atoms with Crippen LogP contribution in [0.5, 0.6) is 0 Å². The van der Waals surface area contributed by atoms with Crippen LogP contribution in [-0.4, -0.2) is 29.3 Å². The molecule has 0 aromatic carbocycles. The monoisotopic (exact) mass is 260 g/mol. The summed E-state index contributed by atoms with van der Waals surface area (Å²) < 4.78 is 13.7. The second-order valence-electron chi connectivity index (χ2n) is 3.23. The van der Waals surface area contributed by atoms with Gasteiger partial charge in [0.05, 0.1) is 23.9 Å². The lowest BCUT2D eigenvalue weighted by atomic mass is 10.3. The van der Waals surface area contributed by atoms with Crippen LogP contribution in [0.3, 0.4) is 0 Å². The Kier molecular flexibility index (Phi) is 3.55. The summed E-state index contributed by atoms with van der Waals surface area (Å²) in [4.78, 5) is 0. The first-order valence-electron chi connectivity index (χ1n) is 4.76. The molecule has 78 valence electrons. The van der Waals surface area contributed by atoms with Crippen LogP contribution in [-0.2, 0) is 16.0 Å². The molecule has 0 unspecified atom stereocenters. The van der Waals surface area contributed by atoms with Gasteiger partial charge in [-0.3, -0.25) is 4.68 Å². The third kappa shape index (κ3) is 2.80. The molecule has 0 atom stereocenters. The van der Waals surface area contributed by atoms with E-state index >= 15 is 0 Å². The van der Waals surface area contributed by atoms with Gasteiger partial charge in [-0.05, 0) is 22.4 Å². The molecule has 2 heterocycles. The third-order valence-corrected chi connectivity index (χ3v) is 2.50. The zero-order valence-electron chi connectivity index (χ0n) is 7.86. The summed E-state index contributed by atoms with van der Waals surface area (Å²) in [5.74, 6) is 0. The van der Waals surface area contributed by atoms with Crippen molar-refractivity contribution in [2.45, 2.75) is 25.7 Å². The third-order valence-electron chi connectivity index (χ3n) is 2.09. The van der Waals surface area contributed by atoms with Gasteiger partial charge in [-0.1, -0.05) is 0 Å². The predicted octanol–water partition coefficient (Wildman–Crippen LogP) is 1.80. The van der Waals surface area contributed by atoms with E-state index < -0.39 is 0 Å². The van der Waals surface area contributed by atoms with E-state index in [4.69, 9.17) is 9.47 Å². The van der Waals surface area contributed by atoms with Gasteiger partial charge in [0.2, 0.25) is 0 Å². The van der Waals surface area contributed by atoms with E-state index in [1.807, 2.05) is 10.9 Å². The molecule has 1 fully saturated rings. The highest BCUT2D eigenvalue weighted by Crippen LogP contribution is 2.11. The smallest absolute Gasteiger partial charge is 0.159 e. The van der Waals surface area contributed by atoms with E-state index in [2.05, 4.69) is 21.0 Å². The van der Waals surface area contributed by atoms with Crippen LogP contribution in [0.2, 0.25) is 0 Å². The number of aromatic nitrogens is 2. The molecule has 0 bridgehead atoms. The number of nitrogens with zero attached hydrogens (tertiary/aromatic N) is 2. The van der Waals surface area contributed by atoms with Crippen molar-refractivity contribution >= 4 is 15.9 Å². The van der Waals surface area contributed by atoms with Gasteiger partial charge in [-0.15, -0.1) is 0 Å². The van der Waals surface area contributed by atoms with Crippen LogP contribution < -0.4 is 0 Å². The average molecular weight is 261 g/mol. The average Bonchev–Trinajstić information content (AvgIpc) is 2.63. The van der Waals surface area contributed by atoms with E-state index in [9.17, 15) is 0 Å². The highest BCUT2D eigenvalue weighted by atomic mass is 79.9. The van der Waals surface area contributed by atoms with Crippen LogP contribution in [0.15, 0.2) is 16.9 Å². The Labute approximate surface area is 91.3 Å². The molecule has 2 rings (SSSR count). The van der Waals surface area contributed by atoms with Gasteiger partial charge < -0.3 is 9.47 Å². The van der Waals surface area contributed by atoms with Crippen molar-refractivity contribution in [3.63, 3.8) is 0 Å². The number of ether oxygens (including phenoxy) is 2. The van der Waals surface area contributed by atoms with Crippen molar-refractivity contribution < 1.29 is 9.47 Å². The summed E-state index contributed by atoms with van der Waals surface area (Å²) in [5, 5.41) is 4.16. The molecule has 1 saturated heterocycles. The second-order valence-corrected chi connectivity index (χ2v) is 4.15. The van der Waals surface area contributed by atoms with E-state index in [-0.39, 0.29) is 6.29 Å². The highest BCUT2D eigenvalue weighted by molar-refractivity contribution is 9.10. The van der Waals surface area contributed by atoms with Gasteiger partial charge in [0.1, 0.15) is 0 Å². The molecule has 4 nitrogen and oxygen atoms in total. The van der Waals surface area contributed by atoms with Crippen LogP contribution in [0.25, 0.3) is 0 Å². The number of aryl methyl sites for hydroxylation is 1. The Bertz CT molecular complexity index is 284. The van der Waals surface area contributed by atoms with Crippen molar-refractivity contribution in [2.75, 3.05) is 13.2 Å². The second kappa shape index (κ2) is 4.91. The molecular formula is C9H13BrN2O2. The van der Waals surface area contributed by atoms with E-state index in [0.29, 0.717) is 0 Å². The summed E-state index contributed by atoms with van der Waals surface area (Å²) in [6.07, 6.45) is 5.54. The first-order valence-corrected chi connectivity index (χ1v) is 5.55. The Balaban J connectivity index is 1.76. The molecule has 0 aliphatic carbocycles. The SMILES string of the molecule is Brc1cnn(CCC2OCCCO2)c1. The molecule has 0 N–H and O–H groups in total. The predicted molar refractivity (Wildman–Crippen MR) is 54.9 cm³/mol. The van der Waals surface area contributed by atoms with Crippen LogP contribution in [0, 0.1) is 0 Å². The normalized spacial score (nSPS) is 18.6. The van der Waals surface area contributed by atoms with E-state index in [1.165, 1.54) is 0 Å². The molecule has 0 amide bonds. The fraction of sp³-hybridized carbons (Fsp3) is 0.667. The Hall–Kier alpha value is -0.390. The molecule has 0 spiro atoms. The molecule has 1 aromatic heterocycles. The fourth-order valence-corrected chi connectivity index (χ4v) is 1.73. The van der Waals surface area contributed by atoms with Gasteiger partial charge in [0.25, 0.3) is 0 Å². The Morgan fingerprint density at radius 2 is 2.29 bits per heavy atom. The zero-order valence-corrected chi connectivity index (χ0v) is 9.44. The summed E-state index contributed by atoms with van der Waals surface area (Å²) in [6.45, 7) is 2.46. The molecule has 1 aliphatic rings. The lowest BCUT2D eigenvalue weighted by Gasteiger charge is -2.22. The van der Waals surface area contributed by atoms with Crippen LogP contribution >= 0.6 is 15.9 Å². The lowest BCUT2D eigenvalue weighted by Crippen LogP contribution is -2.26. The first-order chi connectivity index (χ1) is 6.84. The largest absolute Gasteiger partial charge is 0.353 e. The van der Waals surface area contributed by atoms with E-state index in [0.717, 1.165) is 37.1 Å². The molecule has 5 heteroatoms. The maximum Gasteiger partial charge on any atom is 0.159 e. The number of hydrogen-bond donors (Lipinski definition) is 0. The van der Waals surface area contributed by atoms with Gasteiger partial charge in [-0.2, -0.15) is 5.10 Å². The van der Waals surface area contributed by atoms with Gasteiger partial charge >= 0.3 is 0 Å². The zero-order chi connectivity index (χ0) is 9.80. The summed E-state index contributed by atoms with van der Waals surface area (Å²) in [5.41, 5.74) is 0. The fourth-order valence-electron chi connectivity index (χ4n) is 1.40. The van der Waals surface area contributed by atoms with Gasteiger partial charge in [-0.25, -0.2) is 0 Å². The standard InChI is InChI=1S/C9H13BrN2O2/c10-8-6-11-12(7-8)3-2-9-13-4-1-5-14-9/h6-7,9H,1-5H2. The van der Waals surface area contributed by atoms with Crippen LogP contribution in [0.4, 0.5) is 0 Å². The van der Waals surface area contributed by atoms with Gasteiger partial charge in [0.15, 0.2) is 6.29 Å². The minimum absolute atomic E-state index is 0.0493. The number of hydrogen-bond acceptors (Lipinski definition) is 3. The van der Waals surface area contributed by atoms with Crippen molar-refractivity contribution in [1.29, 1.82) is 0 Å². The van der Waals surface area contributed by atoms with Crippen molar-refractivity contribution in [3.05, 3.63) is 16.9 Å².